The Morgan fingerprint density at radius 1 is 1.32 bits per heavy atom. The third-order valence-corrected chi connectivity index (χ3v) is 4.46. The van der Waals surface area contributed by atoms with Gasteiger partial charge in [0.25, 0.3) is 0 Å². The summed E-state index contributed by atoms with van der Waals surface area (Å²) in [6.07, 6.45) is 0. The summed E-state index contributed by atoms with van der Waals surface area (Å²) in [5.41, 5.74) is 0.933. The number of benzene rings is 1. The van der Waals surface area contributed by atoms with Crippen LogP contribution in [0.2, 0.25) is 0 Å². The Morgan fingerprint density at radius 3 is 3.00 bits per heavy atom. The third-order valence-electron chi connectivity index (χ3n) is 3.09. The fraction of sp³-hybridized carbons (Fsp3) is 0.200. The predicted octanol–water partition coefficient (Wildman–Crippen LogP) is 5.11. The van der Waals surface area contributed by atoms with Crippen LogP contribution in [0.25, 0.3) is 11.0 Å². The zero-order valence-electron chi connectivity index (χ0n) is 10.5. The molecule has 0 fully saturated rings. The molecule has 4 heteroatoms. The van der Waals surface area contributed by atoms with E-state index in [9.17, 15) is 0 Å². The van der Waals surface area contributed by atoms with E-state index in [1.807, 2.05) is 12.1 Å². The van der Waals surface area contributed by atoms with E-state index in [0.717, 1.165) is 27.7 Å². The minimum atomic E-state index is 0.202. The molecular formula is C15H14BrNOS. The number of hydrogen-bond donors (Lipinski definition) is 1. The van der Waals surface area contributed by atoms with Crippen LogP contribution in [0.1, 0.15) is 23.6 Å². The molecule has 0 aliphatic heterocycles. The van der Waals surface area contributed by atoms with Crippen molar-refractivity contribution in [3.05, 3.63) is 56.9 Å². The Labute approximate surface area is 124 Å². The molecule has 0 saturated carbocycles. The molecule has 2 heterocycles. The van der Waals surface area contributed by atoms with Gasteiger partial charge >= 0.3 is 0 Å². The Kier molecular flexibility index (Phi) is 3.73. The van der Waals surface area contributed by atoms with E-state index in [-0.39, 0.29) is 6.04 Å². The van der Waals surface area contributed by atoms with Crippen LogP contribution in [0.3, 0.4) is 0 Å². The molecule has 0 bridgehead atoms. The highest BCUT2D eigenvalue weighted by molar-refractivity contribution is 9.10. The molecule has 19 heavy (non-hydrogen) atoms. The largest absolute Gasteiger partial charge is 0.459 e. The van der Waals surface area contributed by atoms with Gasteiger partial charge in [-0.15, -0.1) is 11.3 Å². The lowest BCUT2D eigenvalue weighted by Gasteiger charge is -2.09. The molecule has 1 aromatic carbocycles. The number of rotatable bonds is 4. The van der Waals surface area contributed by atoms with Gasteiger partial charge in [-0.2, -0.15) is 0 Å². The highest BCUT2D eigenvalue weighted by Gasteiger charge is 2.11. The molecule has 1 atom stereocenters. The minimum Gasteiger partial charge on any atom is -0.459 e. The smallest absolute Gasteiger partial charge is 0.134 e. The van der Waals surface area contributed by atoms with Crippen LogP contribution < -0.4 is 5.32 Å². The summed E-state index contributed by atoms with van der Waals surface area (Å²) < 4.78 is 6.95. The molecule has 0 aliphatic carbocycles. The van der Waals surface area contributed by atoms with Crippen molar-refractivity contribution < 1.29 is 4.42 Å². The highest BCUT2D eigenvalue weighted by atomic mass is 79.9. The lowest BCUT2D eigenvalue weighted by molar-refractivity contribution is 0.452. The van der Waals surface area contributed by atoms with Crippen LogP contribution in [-0.2, 0) is 6.54 Å². The topological polar surface area (TPSA) is 25.2 Å². The van der Waals surface area contributed by atoms with E-state index in [0.29, 0.717) is 0 Å². The van der Waals surface area contributed by atoms with Crippen molar-refractivity contribution in [1.82, 2.24) is 5.32 Å². The number of thiophene rings is 1. The predicted molar refractivity (Wildman–Crippen MR) is 83.5 cm³/mol. The normalized spacial score (nSPS) is 12.9. The zero-order valence-corrected chi connectivity index (χ0v) is 12.9. The monoisotopic (exact) mass is 335 g/mol. The molecular weight excluding hydrogens is 322 g/mol. The fourth-order valence-electron chi connectivity index (χ4n) is 2.02. The van der Waals surface area contributed by atoms with Gasteiger partial charge in [0, 0.05) is 21.3 Å². The van der Waals surface area contributed by atoms with Gasteiger partial charge < -0.3 is 9.73 Å². The summed E-state index contributed by atoms with van der Waals surface area (Å²) in [4.78, 5) is 1.34. The fourth-order valence-corrected chi connectivity index (χ4v) is 3.05. The van der Waals surface area contributed by atoms with E-state index in [1.54, 1.807) is 11.3 Å². The first-order valence-corrected chi connectivity index (χ1v) is 7.84. The van der Waals surface area contributed by atoms with Crippen molar-refractivity contribution in [2.75, 3.05) is 0 Å². The molecule has 0 amide bonds. The first kappa shape index (κ1) is 12.9. The number of halogens is 1. The van der Waals surface area contributed by atoms with Gasteiger partial charge in [-0.25, -0.2) is 0 Å². The highest BCUT2D eigenvalue weighted by Crippen LogP contribution is 2.26. The van der Waals surface area contributed by atoms with Crippen LogP contribution in [0.15, 0.2) is 50.7 Å². The second-order valence-corrected chi connectivity index (χ2v) is 6.46. The van der Waals surface area contributed by atoms with Crippen LogP contribution in [0.5, 0.6) is 0 Å². The molecule has 2 aromatic heterocycles. The second kappa shape index (κ2) is 5.49. The van der Waals surface area contributed by atoms with Crippen molar-refractivity contribution in [1.29, 1.82) is 0 Å². The van der Waals surface area contributed by atoms with Gasteiger partial charge in [0.1, 0.15) is 11.3 Å². The van der Waals surface area contributed by atoms with Crippen molar-refractivity contribution in [3.63, 3.8) is 0 Å². The summed E-state index contributed by atoms with van der Waals surface area (Å²) in [6, 6.07) is 12.6. The zero-order chi connectivity index (χ0) is 13.2. The van der Waals surface area contributed by atoms with E-state index >= 15 is 0 Å². The minimum absolute atomic E-state index is 0.202. The third kappa shape index (κ3) is 2.91. The standard InChI is InChI=1S/C15H14BrNOS/c1-10(17-9-13-3-2-6-19-13)15-8-11-7-12(16)4-5-14(11)18-15/h2-8,10,17H,9H2,1H3. The van der Waals surface area contributed by atoms with E-state index in [4.69, 9.17) is 4.42 Å². The van der Waals surface area contributed by atoms with Crippen LogP contribution in [-0.4, -0.2) is 0 Å². The molecule has 0 spiro atoms. The molecule has 3 aromatic rings. The maximum atomic E-state index is 5.87. The molecule has 0 aliphatic rings. The summed E-state index contributed by atoms with van der Waals surface area (Å²) >= 11 is 5.25. The number of furan rings is 1. The first-order valence-electron chi connectivity index (χ1n) is 6.17. The van der Waals surface area contributed by atoms with Gasteiger partial charge in [-0.1, -0.05) is 22.0 Å². The quantitative estimate of drug-likeness (QED) is 0.716. The van der Waals surface area contributed by atoms with Crippen molar-refractivity contribution in [2.24, 2.45) is 0 Å². The lowest BCUT2D eigenvalue weighted by Crippen LogP contribution is -2.16. The summed E-state index contributed by atoms with van der Waals surface area (Å²) in [5, 5.41) is 6.71. The number of nitrogens with one attached hydrogen (secondary N) is 1. The maximum Gasteiger partial charge on any atom is 0.134 e. The van der Waals surface area contributed by atoms with Crippen molar-refractivity contribution in [2.45, 2.75) is 19.5 Å². The van der Waals surface area contributed by atoms with E-state index < -0.39 is 0 Å². The maximum absolute atomic E-state index is 5.87. The summed E-state index contributed by atoms with van der Waals surface area (Å²) in [7, 11) is 0. The lowest BCUT2D eigenvalue weighted by atomic mass is 10.2. The number of hydrogen-bond acceptors (Lipinski definition) is 3. The van der Waals surface area contributed by atoms with Crippen molar-refractivity contribution in [3.8, 4) is 0 Å². The van der Waals surface area contributed by atoms with Gasteiger partial charge in [0.2, 0.25) is 0 Å². The van der Waals surface area contributed by atoms with Gasteiger partial charge in [-0.3, -0.25) is 0 Å². The molecule has 0 saturated heterocycles. The molecule has 3 rings (SSSR count). The van der Waals surface area contributed by atoms with Crippen LogP contribution >= 0.6 is 27.3 Å². The molecule has 0 radical (unpaired) electrons. The van der Waals surface area contributed by atoms with E-state index in [2.05, 4.69) is 57.8 Å². The molecule has 98 valence electrons. The summed E-state index contributed by atoms with van der Waals surface area (Å²) in [5.74, 6) is 0.977. The van der Waals surface area contributed by atoms with Crippen molar-refractivity contribution >= 4 is 38.2 Å². The first-order chi connectivity index (χ1) is 9.22. The molecule has 2 nitrogen and oxygen atoms in total. The Hall–Kier alpha value is -1.10. The average Bonchev–Trinajstić information content (AvgIpc) is 3.04. The molecule has 1 unspecified atom stereocenters. The summed E-state index contributed by atoms with van der Waals surface area (Å²) in [6.45, 7) is 3.00. The van der Waals surface area contributed by atoms with Crippen LogP contribution in [0.4, 0.5) is 0 Å². The Bertz CT molecular complexity index is 675. The van der Waals surface area contributed by atoms with E-state index in [1.165, 1.54) is 4.88 Å². The van der Waals surface area contributed by atoms with Gasteiger partial charge in [0.05, 0.1) is 6.04 Å². The van der Waals surface area contributed by atoms with Crippen LogP contribution in [0, 0.1) is 0 Å². The molecule has 1 N–H and O–H groups in total. The SMILES string of the molecule is CC(NCc1cccs1)c1cc2cc(Br)ccc2o1. The Balaban J connectivity index is 1.75. The number of fused-ring (bicyclic) bond motifs is 1. The average molecular weight is 336 g/mol. The van der Waals surface area contributed by atoms with Gasteiger partial charge in [0.15, 0.2) is 0 Å². The Morgan fingerprint density at radius 2 is 2.21 bits per heavy atom. The second-order valence-electron chi connectivity index (χ2n) is 4.51. The van der Waals surface area contributed by atoms with Gasteiger partial charge in [-0.05, 0) is 42.6 Å².